The Labute approximate surface area is 206 Å². The molecule has 0 spiro atoms. The summed E-state index contributed by atoms with van der Waals surface area (Å²) in [7, 11) is 5.44. The number of ether oxygens (including phenoxy) is 2. The Balaban J connectivity index is 1.58. The molecule has 1 heterocycles. The average Bonchev–Trinajstić information content (AvgIpc) is 3.17. The molecule has 6 nitrogen and oxygen atoms in total. The van der Waals surface area contributed by atoms with Gasteiger partial charge in [-0.2, -0.15) is 0 Å². The zero-order valence-electron chi connectivity index (χ0n) is 20.9. The number of carbonyl (C=O) groups is 1. The van der Waals surface area contributed by atoms with E-state index < -0.39 is 17.7 Å². The Morgan fingerprint density at radius 1 is 1.06 bits per heavy atom. The van der Waals surface area contributed by atoms with Crippen molar-refractivity contribution in [2.24, 2.45) is 0 Å². The van der Waals surface area contributed by atoms with E-state index >= 15 is 0 Å². The minimum absolute atomic E-state index is 0.0379. The van der Waals surface area contributed by atoms with E-state index in [-0.39, 0.29) is 22.7 Å². The molecule has 2 aliphatic rings. The first kappa shape index (κ1) is 25.2. The van der Waals surface area contributed by atoms with Crippen LogP contribution in [0.15, 0.2) is 36.4 Å². The Morgan fingerprint density at radius 2 is 1.83 bits per heavy atom. The summed E-state index contributed by atoms with van der Waals surface area (Å²) in [5.74, 6) is -0.498. The summed E-state index contributed by atoms with van der Waals surface area (Å²) in [6, 6.07) is 9.42. The van der Waals surface area contributed by atoms with E-state index in [0.29, 0.717) is 5.75 Å². The number of likely N-dealkylation sites (N-methyl/N-ethyl adjacent to an activating group) is 1. The van der Waals surface area contributed by atoms with E-state index in [1.165, 1.54) is 11.6 Å². The largest absolute Gasteiger partial charge is 0.493 e. The van der Waals surface area contributed by atoms with Gasteiger partial charge >= 0.3 is 6.03 Å². The summed E-state index contributed by atoms with van der Waals surface area (Å²) in [6.45, 7) is 3.09. The van der Waals surface area contributed by atoms with E-state index in [0.717, 1.165) is 63.0 Å². The van der Waals surface area contributed by atoms with Crippen LogP contribution in [0.1, 0.15) is 51.0 Å². The van der Waals surface area contributed by atoms with Crippen molar-refractivity contribution < 1.29 is 23.0 Å². The first-order chi connectivity index (χ1) is 16.8. The van der Waals surface area contributed by atoms with Crippen LogP contribution in [-0.4, -0.2) is 50.3 Å². The number of anilines is 1. The Hall–Kier alpha value is -2.87. The number of hydrogen-bond acceptors (Lipinski definition) is 4. The van der Waals surface area contributed by atoms with E-state index in [9.17, 15) is 13.6 Å². The van der Waals surface area contributed by atoms with Gasteiger partial charge in [-0.05, 0) is 75.5 Å². The van der Waals surface area contributed by atoms with Gasteiger partial charge in [0.1, 0.15) is 0 Å². The lowest BCUT2D eigenvalue weighted by atomic mass is 9.60. The second-order valence-electron chi connectivity index (χ2n) is 9.91. The average molecular weight is 488 g/mol. The van der Waals surface area contributed by atoms with Crippen LogP contribution in [0.5, 0.6) is 11.5 Å². The molecule has 1 aliphatic heterocycles. The van der Waals surface area contributed by atoms with Gasteiger partial charge in [-0.1, -0.05) is 19.4 Å². The normalized spacial score (nSPS) is 26.2. The highest BCUT2D eigenvalue weighted by atomic mass is 19.2. The first-order valence-electron chi connectivity index (χ1n) is 12.2. The molecule has 1 saturated heterocycles. The van der Waals surface area contributed by atoms with E-state index in [2.05, 4.69) is 41.6 Å². The number of rotatable bonds is 7. The number of nitrogens with one attached hydrogen (secondary N) is 2. The van der Waals surface area contributed by atoms with Crippen LogP contribution in [0.3, 0.4) is 0 Å². The van der Waals surface area contributed by atoms with Crippen molar-refractivity contribution >= 4 is 11.7 Å². The van der Waals surface area contributed by atoms with E-state index in [1.54, 1.807) is 14.2 Å². The molecule has 3 atom stereocenters. The third-order valence-corrected chi connectivity index (χ3v) is 7.96. The number of methoxy groups -OCH3 is 2. The third kappa shape index (κ3) is 4.81. The maximum atomic E-state index is 13.6. The zero-order chi connectivity index (χ0) is 25.2. The highest BCUT2D eigenvalue weighted by Gasteiger charge is 2.54. The topological polar surface area (TPSA) is 62.8 Å². The van der Waals surface area contributed by atoms with Crippen LogP contribution in [0.25, 0.3) is 0 Å². The van der Waals surface area contributed by atoms with Crippen molar-refractivity contribution in [3.63, 3.8) is 0 Å². The molecular weight excluding hydrogens is 452 g/mol. The van der Waals surface area contributed by atoms with Crippen molar-refractivity contribution in [1.29, 1.82) is 0 Å². The molecular formula is C27H35F2N3O3. The van der Waals surface area contributed by atoms with Crippen molar-refractivity contribution in [2.75, 3.05) is 33.1 Å². The lowest BCUT2D eigenvalue weighted by molar-refractivity contribution is 0.0976. The molecule has 35 heavy (non-hydrogen) atoms. The first-order valence-corrected chi connectivity index (χ1v) is 12.2. The number of likely N-dealkylation sites (tertiary alicyclic amines) is 1. The number of fused-ring (bicyclic) bond motifs is 1. The maximum Gasteiger partial charge on any atom is 0.319 e. The number of amides is 2. The molecule has 0 radical (unpaired) electrons. The predicted octanol–water partition coefficient (Wildman–Crippen LogP) is 5.47. The van der Waals surface area contributed by atoms with Gasteiger partial charge in [0.15, 0.2) is 23.1 Å². The minimum atomic E-state index is -0.990. The molecule has 2 amide bonds. The Bertz CT molecular complexity index is 1080. The zero-order valence-corrected chi connectivity index (χ0v) is 20.9. The number of halogens is 2. The second-order valence-corrected chi connectivity index (χ2v) is 9.91. The third-order valence-electron chi connectivity index (χ3n) is 7.96. The number of benzene rings is 2. The fraction of sp³-hybridized carbons (Fsp3) is 0.519. The van der Waals surface area contributed by atoms with Crippen LogP contribution in [-0.2, 0) is 5.41 Å². The summed E-state index contributed by atoms with van der Waals surface area (Å²) < 4.78 is 37.9. The SMILES string of the molecule is CCC[C@@]1(NC(=O)Nc2ccc(F)c(F)c2)CC[C@@]2(c3ccc(OC)c(OC)c3)CCN(C)[C@@H]2C1. The molecule has 1 aliphatic carbocycles. The van der Waals surface area contributed by atoms with Gasteiger partial charge < -0.3 is 25.0 Å². The Morgan fingerprint density at radius 3 is 2.51 bits per heavy atom. The molecule has 8 heteroatoms. The fourth-order valence-corrected chi connectivity index (χ4v) is 6.18. The highest BCUT2D eigenvalue weighted by Crippen LogP contribution is 2.53. The van der Waals surface area contributed by atoms with Gasteiger partial charge in [0, 0.05) is 28.7 Å². The van der Waals surface area contributed by atoms with Crippen LogP contribution in [0, 0.1) is 11.6 Å². The minimum Gasteiger partial charge on any atom is -0.493 e. The lowest BCUT2D eigenvalue weighted by Gasteiger charge is -2.50. The van der Waals surface area contributed by atoms with E-state index in [4.69, 9.17) is 9.47 Å². The Kier molecular flexibility index (Phi) is 7.22. The van der Waals surface area contributed by atoms with Gasteiger partial charge in [0.25, 0.3) is 0 Å². The summed E-state index contributed by atoms with van der Waals surface area (Å²) >= 11 is 0. The fourth-order valence-electron chi connectivity index (χ4n) is 6.18. The highest BCUT2D eigenvalue weighted by molar-refractivity contribution is 5.89. The second kappa shape index (κ2) is 10.0. The molecule has 2 fully saturated rings. The van der Waals surface area contributed by atoms with Gasteiger partial charge in [-0.3, -0.25) is 0 Å². The number of urea groups is 1. The summed E-state index contributed by atoms with van der Waals surface area (Å²) in [5.41, 5.74) is 1.03. The van der Waals surface area contributed by atoms with Gasteiger partial charge in [-0.25, -0.2) is 13.6 Å². The molecule has 0 bridgehead atoms. The van der Waals surface area contributed by atoms with Crippen molar-refractivity contribution in [1.82, 2.24) is 10.2 Å². The summed E-state index contributed by atoms with van der Waals surface area (Å²) in [5, 5.41) is 5.90. The number of carbonyl (C=O) groups excluding carboxylic acids is 1. The lowest BCUT2D eigenvalue weighted by Crippen LogP contribution is -2.60. The van der Waals surface area contributed by atoms with Crippen LogP contribution in [0.2, 0.25) is 0 Å². The summed E-state index contributed by atoms with van der Waals surface area (Å²) in [6.07, 6.45) is 5.34. The van der Waals surface area contributed by atoms with Crippen LogP contribution in [0.4, 0.5) is 19.3 Å². The number of hydrogen-bond donors (Lipinski definition) is 2. The molecule has 0 aromatic heterocycles. The maximum absolute atomic E-state index is 13.6. The van der Waals surface area contributed by atoms with E-state index in [1.807, 2.05) is 6.07 Å². The van der Waals surface area contributed by atoms with Crippen molar-refractivity contribution in [3.8, 4) is 11.5 Å². The van der Waals surface area contributed by atoms with Gasteiger partial charge in [-0.15, -0.1) is 0 Å². The number of nitrogens with zero attached hydrogens (tertiary/aromatic N) is 1. The molecule has 2 aromatic rings. The van der Waals surface area contributed by atoms with Crippen molar-refractivity contribution in [3.05, 3.63) is 53.6 Å². The molecule has 2 N–H and O–H groups in total. The van der Waals surface area contributed by atoms with Crippen LogP contribution >= 0.6 is 0 Å². The smallest absolute Gasteiger partial charge is 0.319 e. The van der Waals surface area contributed by atoms with Crippen molar-refractivity contribution in [2.45, 2.75) is 62.4 Å². The quantitative estimate of drug-likeness (QED) is 0.544. The van der Waals surface area contributed by atoms with Crippen LogP contribution < -0.4 is 20.1 Å². The molecule has 1 saturated carbocycles. The molecule has 190 valence electrons. The monoisotopic (exact) mass is 487 g/mol. The van der Waals surface area contributed by atoms with Gasteiger partial charge in [0.2, 0.25) is 0 Å². The molecule has 2 aromatic carbocycles. The predicted molar refractivity (Wildman–Crippen MR) is 132 cm³/mol. The standard InChI is InChI=1S/C27H35F2N3O3/c1-5-10-26(31-25(33)30-19-7-8-20(28)21(29)16-19)11-12-27(13-14-32(2)24(27)17-26)18-6-9-22(34-3)23(15-18)35-4/h6-9,15-16,24H,5,10-14,17H2,1-4H3,(H2,30,31,33)/t24-,26-,27+/m1/s1. The van der Waals surface area contributed by atoms with Gasteiger partial charge in [0.05, 0.1) is 14.2 Å². The molecule has 4 rings (SSSR count). The molecule has 0 unspecified atom stereocenters. The summed E-state index contributed by atoms with van der Waals surface area (Å²) in [4.78, 5) is 15.4.